The molecule has 6 nitrogen and oxygen atoms in total. The van der Waals surface area contributed by atoms with E-state index in [0.717, 1.165) is 43.4 Å². The van der Waals surface area contributed by atoms with Gasteiger partial charge in [-0.2, -0.15) is 0 Å². The van der Waals surface area contributed by atoms with Gasteiger partial charge in [0.1, 0.15) is 5.69 Å². The van der Waals surface area contributed by atoms with E-state index >= 15 is 0 Å². The Labute approximate surface area is 134 Å². The van der Waals surface area contributed by atoms with E-state index in [2.05, 4.69) is 10.3 Å². The molecule has 1 aromatic carbocycles. The van der Waals surface area contributed by atoms with Gasteiger partial charge in [-0.15, -0.1) is 5.10 Å². The average molecular weight is 313 g/mol. The molecule has 1 heterocycles. The second kappa shape index (κ2) is 6.73. The first kappa shape index (κ1) is 15.4. The first-order valence-electron chi connectivity index (χ1n) is 7.93. The standard InChI is InChI=1S/C17H19N3O3/c1-2-10-23-17(22)13-6-8-14(9-7-13)20-16(12-4-3-5-12)15(11-21)18-19-20/h6-9,11-12H,2-5,10H2,1H3. The number of aromatic nitrogens is 3. The molecule has 1 aromatic heterocycles. The van der Waals surface area contributed by atoms with Crippen LogP contribution in [0.3, 0.4) is 0 Å². The summed E-state index contributed by atoms with van der Waals surface area (Å²) in [4.78, 5) is 23.0. The quantitative estimate of drug-likeness (QED) is 0.605. The second-order valence-electron chi connectivity index (χ2n) is 5.70. The fraction of sp³-hybridized carbons (Fsp3) is 0.412. The van der Waals surface area contributed by atoms with Crippen LogP contribution in [-0.2, 0) is 4.74 Å². The fourth-order valence-corrected chi connectivity index (χ4v) is 2.66. The highest BCUT2D eigenvalue weighted by molar-refractivity contribution is 5.89. The molecule has 1 aliphatic carbocycles. The monoisotopic (exact) mass is 313 g/mol. The number of nitrogens with zero attached hydrogens (tertiary/aromatic N) is 3. The molecule has 0 aliphatic heterocycles. The molecule has 1 saturated carbocycles. The highest BCUT2D eigenvalue weighted by Crippen LogP contribution is 2.37. The summed E-state index contributed by atoms with van der Waals surface area (Å²) >= 11 is 0. The Balaban J connectivity index is 1.86. The summed E-state index contributed by atoms with van der Waals surface area (Å²) in [5, 5.41) is 8.07. The highest BCUT2D eigenvalue weighted by atomic mass is 16.5. The van der Waals surface area contributed by atoms with Gasteiger partial charge in [0, 0.05) is 5.92 Å². The van der Waals surface area contributed by atoms with Crippen LogP contribution in [0.1, 0.15) is 65.1 Å². The molecule has 23 heavy (non-hydrogen) atoms. The minimum atomic E-state index is -0.329. The third kappa shape index (κ3) is 3.02. The van der Waals surface area contributed by atoms with Crippen LogP contribution < -0.4 is 0 Å². The summed E-state index contributed by atoms with van der Waals surface area (Å²) in [5.41, 5.74) is 2.57. The maximum Gasteiger partial charge on any atom is 0.338 e. The van der Waals surface area contributed by atoms with Crippen LogP contribution in [0.15, 0.2) is 24.3 Å². The van der Waals surface area contributed by atoms with Crippen molar-refractivity contribution >= 4 is 12.3 Å². The molecule has 6 heteroatoms. The van der Waals surface area contributed by atoms with Crippen molar-refractivity contribution in [3.63, 3.8) is 0 Å². The van der Waals surface area contributed by atoms with Crippen molar-refractivity contribution in [3.8, 4) is 5.69 Å². The van der Waals surface area contributed by atoms with Gasteiger partial charge in [0.15, 0.2) is 6.29 Å². The Bertz CT molecular complexity index is 702. The molecule has 2 aromatic rings. The number of hydrogen-bond acceptors (Lipinski definition) is 5. The Morgan fingerprint density at radius 1 is 1.35 bits per heavy atom. The van der Waals surface area contributed by atoms with Gasteiger partial charge in [-0.05, 0) is 43.5 Å². The molecule has 0 saturated heterocycles. The molecular weight excluding hydrogens is 294 g/mol. The van der Waals surface area contributed by atoms with Gasteiger partial charge in [0.05, 0.1) is 23.6 Å². The van der Waals surface area contributed by atoms with E-state index in [-0.39, 0.29) is 5.97 Å². The molecule has 0 atom stereocenters. The van der Waals surface area contributed by atoms with Crippen molar-refractivity contribution in [1.29, 1.82) is 0 Å². The molecule has 120 valence electrons. The first-order chi connectivity index (χ1) is 11.2. The summed E-state index contributed by atoms with van der Waals surface area (Å²) in [7, 11) is 0. The average Bonchev–Trinajstić information content (AvgIpc) is 2.94. The van der Waals surface area contributed by atoms with Gasteiger partial charge in [0.25, 0.3) is 0 Å². The predicted molar refractivity (Wildman–Crippen MR) is 83.9 cm³/mol. The molecule has 1 fully saturated rings. The minimum absolute atomic E-state index is 0.329. The van der Waals surface area contributed by atoms with Gasteiger partial charge in [0.2, 0.25) is 0 Å². The number of aldehydes is 1. The van der Waals surface area contributed by atoms with E-state index in [1.807, 2.05) is 6.92 Å². The number of hydrogen-bond donors (Lipinski definition) is 0. The van der Waals surface area contributed by atoms with Crippen LogP contribution in [-0.4, -0.2) is 33.9 Å². The molecule has 0 spiro atoms. The van der Waals surface area contributed by atoms with Crippen LogP contribution in [0.5, 0.6) is 0 Å². The first-order valence-corrected chi connectivity index (χ1v) is 7.93. The smallest absolute Gasteiger partial charge is 0.338 e. The van der Waals surface area contributed by atoms with E-state index in [1.54, 1.807) is 28.9 Å². The van der Waals surface area contributed by atoms with Crippen LogP contribution in [0.25, 0.3) is 5.69 Å². The molecule has 0 amide bonds. The highest BCUT2D eigenvalue weighted by Gasteiger charge is 2.28. The lowest BCUT2D eigenvalue weighted by atomic mass is 9.82. The number of carbonyl (C=O) groups excluding carboxylic acids is 2. The van der Waals surface area contributed by atoms with Crippen molar-refractivity contribution in [2.45, 2.75) is 38.5 Å². The summed E-state index contributed by atoms with van der Waals surface area (Å²) < 4.78 is 6.82. The fourth-order valence-electron chi connectivity index (χ4n) is 2.66. The zero-order valence-electron chi connectivity index (χ0n) is 13.1. The number of ether oxygens (including phenoxy) is 1. The van der Waals surface area contributed by atoms with Crippen molar-refractivity contribution in [2.24, 2.45) is 0 Å². The van der Waals surface area contributed by atoms with Gasteiger partial charge in [-0.3, -0.25) is 4.79 Å². The predicted octanol–water partition coefficient (Wildman–Crippen LogP) is 2.91. The Kier molecular flexibility index (Phi) is 4.50. The lowest BCUT2D eigenvalue weighted by Gasteiger charge is -2.26. The van der Waals surface area contributed by atoms with Gasteiger partial charge in [-0.1, -0.05) is 18.6 Å². The number of carbonyl (C=O) groups is 2. The lowest BCUT2D eigenvalue weighted by molar-refractivity contribution is 0.0505. The molecular formula is C17H19N3O3. The minimum Gasteiger partial charge on any atom is -0.462 e. The molecule has 0 radical (unpaired) electrons. The van der Waals surface area contributed by atoms with Gasteiger partial charge >= 0.3 is 5.97 Å². The molecule has 0 bridgehead atoms. The Hall–Kier alpha value is -2.50. The maximum atomic E-state index is 11.8. The largest absolute Gasteiger partial charge is 0.462 e. The third-order valence-electron chi connectivity index (χ3n) is 4.12. The number of rotatable bonds is 6. The summed E-state index contributed by atoms with van der Waals surface area (Å²) in [5.74, 6) is 0.00387. The molecule has 3 rings (SSSR count). The van der Waals surface area contributed by atoms with E-state index in [4.69, 9.17) is 4.74 Å². The SMILES string of the molecule is CCCOC(=O)c1ccc(-n2nnc(C=O)c2C2CCC2)cc1. The van der Waals surface area contributed by atoms with Gasteiger partial charge < -0.3 is 4.74 Å². The van der Waals surface area contributed by atoms with Crippen molar-refractivity contribution < 1.29 is 14.3 Å². The Morgan fingerprint density at radius 3 is 2.65 bits per heavy atom. The van der Waals surface area contributed by atoms with Crippen LogP contribution in [0, 0.1) is 0 Å². The molecule has 0 N–H and O–H groups in total. The van der Waals surface area contributed by atoms with E-state index in [9.17, 15) is 9.59 Å². The van der Waals surface area contributed by atoms with E-state index < -0.39 is 0 Å². The normalized spacial score (nSPS) is 14.3. The van der Waals surface area contributed by atoms with E-state index in [0.29, 0.717) is 23.8 Å². The summed E-state index contributed by atoms with van der Waals surface area (Å²) in [6, 6.07) is 7.02. The maximum absolute atomic E-state index is 11.8. The third-order valence-corrected chi connectivity index (χ3v) is 4.12. The summed E-state index contributed by atoms with van der Waals surface area (Å²) in [6.07, 6.45) is 4.82. The van der Waals surface area contributed by atoms with E-state index in [1.165, 1.54) is 0 Å². The topological polar surface area (TPSA) is 74.1 Å². The lowest BCUT2D eigenvalue weighted by Crippen LogP contribution is -2.16. The zero-order chi connectivity index (χ0) is 16.2. The van der Waals surface area contributed by atoms with Crippen molar-refractivity contribution in [2.75, 3.05) is 6.61 Å². The van der Waals surface area contributed by atoms with Crippen LogP contribution in [0.2, 0.25) is 0 Å². The van der Waals surface area contributed by atoms with Crippen LogP contribution >= 0.6 is 0 Å². The van der Waals surface area contributed by atoms with Crippen molar-refractivity contribution in [3.05, 3.63) is 41.2 Å². The Morgan fingerprint density at radius 2 is 2.09 bits per heavy atom. The molecule has 1 aliphatic rings. The van der Waals surface area contributed by atoms with Crippen molar-refractivity contribution in [1.82, 2.24) is 15.0 Å². The van der Waals surface area contributed by atoms with Crippen LogP contribution in [0.4, 0.5) is 0 Å². The molecule has 0 unspecified atom stereocenters. The number of benzene rings is 1. The zero-order valence-corrected chi connectivity index (χ0v) is 13.1. The number of esters is 1. The summed E-state index contributed by atoms with van der Waals surface area (Å²) in [6.45, 7) is 2.37. The second-order valence-corrected chi connectivity index (χ2v) is 5.70. The van der Waals surface area contributed by atoms with Gasteiger partial charge in [-0.25, -0.2) is 9.48 Å².